The molecule has 1 aromatic heterocycles. The van der Waals surface area contributed by atoms with Crippen molar-refractivity contribution >= 4 is 17.3 Å². The van der Waals surface area contributed by atoms with E-state index in [0.717, 1.165) is 11.1 Å². The average Bonchev–Trinajstić information content (AvgIpc) is 2.41. The third kappa shape index (κ3) is 2.89. The first-order valence-corrected chi connectivity index (χ1v) is 5.91. The molecular weight excluding hydrogens is 240 g/mol. The van der Waals surface area contributed by atoms with Crippen molar-refractivity contribution in [1.82, 2.24) is 4.98 Å². The molecule has 5 heteroatoms. The molecule has 0 radical (unpaired) electrons. The number of nitrogens with one attached hydrogen (secondary N) is 2. The molecule has 0 aliphatic carbocycles. The van der Waals surface area contributed by atoms with Gasteiger partial charge in [-0.05, 0) is 37.6 Å². The number of amides is 1. The number of hydrogen-bond acceptors (Lipinski definition) is 4. The molecule has 98 valence electrons. The standard InChI is InChI=1S/C14H16N4O/c1-9-3-4-12(18-15)11(7-9)14(19)17-13-8-16-6-5-10(13)2/h3-8,18H,15H2,1-2H3,(H,17,19). The number of anilines is 2. The molecule has 0 saturated carbocycles. The van der Waals surface area contributed by atoms with E-state index < -0.39 is 0 Å². The minimum Gasteiger partial charge on any atom is -0.323 e. The van der Waals surface area contributed by atoms with Crippen LogP contribution in [-0.4, -0.2) is 10.9 Å². The topological polar surface area (TPSA) is 80.0 Å². The Morgan fingerprint density at radius 1 is 1.21 bits per heavy atom. The number of hydrazine groups is 1. The van der Waals surface area contributed by atoms with Gasteiger partial charge in [-0.2, -0.15) is 0 Å². The Labute approximate surface area is 111 Å². The number of aryl methyl sites for hydroxylation is 2. The predicted molar refractivity (Wildman–Crippen MR) is 75.9 cm³/mol. The van der Waals surface area contributed by atoms with Gasteiger partial charge in [0.2, 0.25) is 0 Å². The van der Waals surface area contributed by atoms with Crippen molar-refractivity contribution in [3.8, 4) is 0 Å². The molecule has 2 aromatic rings. The molecule has 0 spiro atoms. The highest BCUT2D eigenvalue weighted by Gasteiger charge is 2.12. The summed E-state index contributed by atoms with van der Waals surface area (Å²) in [7, 11) is 0. The molecule has 1 aromatic carbocycles. The molecule has 0 unspecified atom stereocenters. The number of hydrogen-bond donors (Lipinski definition) is 3. The Morgan fingerprint density at radius 3 is 2.68 bits per heavy atom. The molecule has 1 heterocycles. The summed E-state index contributed by atoms with van der Waals surface area (Å²) in [5, 5.41) is 2.83. The summed E-state index contributed by atoms with van der Waals surface area (Å²) in [6.07, 6.45) is 3.31. The van der Waals surface area contributed by atoms with Gasteiger partial charge >= 0.3 is 0 Å². The van der Waals surface area contributed by atoms with E-state index in [1.807, 2.05) is 26.0 Å². The van der Waals surface area contributed by atoms with Crippen LogP contribution in [0, 0.1) is 13.8 Å². The van der Waals surface area contributed by atoms with Crippen LogP contribution in [0.1, 0.15) is 21.5 Å². The van der Waals surface area contributed by atoms with Crippen molar-refractivity contribution in [2.45, 2.75) is 13.8 Å². The number of nitrogens with two attached hydrogens (primary N) is 1. The predicted octanol–water partition coefficient (Wildman–Crippen LogP) is 2.24. The van der Waals surface area contributed by atoms with E-state index in [4.69, 9.17) is 5.84 Å². The molecular formula is C14H16N4O. The Bertz CT molecular complexity index is 610. The van der Waals surface area contributed by atoms with E-state index in [1.54, 1.807) is 24.5 Å². The van der Waals surface area contributed by atoms with Gasteiger partial charge in [-0.3, -0.25) is 15.6 Å². The Kier molecular flexibility index (Phi) is 3.77. The molecule has 5 nitrogen and oxygen atoms in total. The fraction of sp³-hybridized carbons (Fsp3) is 0.143. The van der Waals surface area contributed by atoms with E-state index >= 15 is 0 Å². The Morgan fingerprint density at radius 2 is 2.00 bits per heavy atom. The number of carbonyl (C=O) groups excluding carboxylic acids is 1. The highest BCUT2D eigenvalue weighted by Crippen LogP contribution is 2.19. The maximum Gasteiger partial charge on any atom is 0.257 e. The van der Waals surface area contributed by atoms with Crippen molar-refractivity contribution in [3.63, 3.8) is 0 Å². The van der Waals surface area contributed by atoms with Crippen molar-refractivity contribution in [3.05, 3.63) is 53.3 Å². The second-order valence-electron chi connectivity index (χ2n) is 4.34. The highest BCUT2D eigenvalue weighted by atomic mass is 16.1. The first-order chi connectivity index (χ1) is 9.11. The first kappa shape index (κ1) is 13.0. The molecule has 0 aliphatic rings. The molecule has 0 fully saturated rings. The summed E-state index contributed by atoms with van der Waals surface area (Å²) in [6, 6.07) is 7.30. The summed E-state index contributed by atoms with van der Waals surface area (Å²) in [5.41, 5.74) is 6.26. The number of benzene rings is 1. The zero-order valence-electron chi connectivity index (χ0n) is 10.9. The van der Waals surface area contributed by atoms with Crippen molar-refractivity contribution in [2.24, 2.45) is 5.84 Å². The maximum atomic E-state index is 12.3. The minimum absolute atomic E-state index is 0.215. The SMILES string of the molecule is Cc1ccc(NN)c(C(=O)Nc2cnccc2C)c1. The molecule has 1 amide bonds. The van der Waals surface area contributed by atoms with Crippen LogP contribution < -0.4 is 16.6 Å². The number of carbonyl (C=O) groups is 1. The lowest BCUT2D eigenvalue weighted by atomic mass is 10.1. The molecule has 0 aliphatic heterocycles. The zero-order chi connectivity index (χ0) is 13.8. The molecule has 19 heavy (non-hydrogen) atoms. The quantitative estimate of drug-likeness (QED) is 0.581. The van der Waals surface area contributed by atoms with E-state index in [1.165, 1.54) is 0 Å². The monoisotopic (exact) mass is 256 g/mol. The van der Waals surface area contributed by atoms with Gasteiger partial charge in [-0.25, -0.2) is 0 Å². The van der Waals surface area contributed by atoms with Gasteiger partial charge in [0, 0.05) is 6.20 Å². The van der Waals surface area contributed by atoms with Crippen LogP contribution in [0.2, 0.25) is 0 Å². The smallest absolute Gasteiger partial charge is 0.257 e. The lowest BCUT2D eigenvalue weighted by molar-refractivity contribution is 0.102. The third-order valence-corrected chi connectivity index (χ3v) is 2.86. The highest BCUT2D eigenvalue weighted by molar-refractivity contribution is 6.08. The average molecular weight is 256 g/mol. The molecule has 2 rings (SSSR count). The summed E-state index contributed by atoms with van der Waals surface area (Å²) in [6.45, 7) is 3.84. The molecule has 0 saturated heterocycles. The Balaban J connectivity index is 2.30. The van der Waals surface area contributed by atoms with Crippen LogP contribution in [0.15, 0.2) is 36.7 Å². The Hall–Kier alpha value is -2.40. The van der Waals surface area contributed by atoms with Gasteiger partial charge in [0.05, 0.1) is 23.1 Å². The van der Waals surface area contributed by atoms with E-state index in [2.05, 4.69) is 15.7 Å². The fourth-order valence-electron chi connectivity index (χ4n) is 1.76. The number of rotatable bonds is 3. The van der Waals surface area contributed by atoms with Gasteiger partial charge in [0.15, 0.2) is 0 Å². The maximum absolute atomic E-state index is 12.3. The van der Waals surface area contributed by atoms with Gasteiger partial charge in [-0.15, -0.1) is 0 Å². The number of nitrogen functional groups attached to an aromatic ring is 1. The van der Waals surface area contributed by atoms with E-state index in [-0.39, 0.29) is 5.91 Å². The van der Waals surface area contributed by atoms with Gasteiger partial charge in [-0.1, -0.05) is 11.6 Å². The number of nitrogens with zero attached hydrogens (tertiary/aromatic N) is 1. The molecule has 0 atom stereocenters. The zero-order valence-corrected chi connectivity index (χ0v) is 10.9. The molecule has 0 bridgehead atoms. The van der Waals surface area contributed by atoms with Gasteiger partial charge in [0.25, 0.3) is 5.91 Å². The second kappa shape index (κ2) is 5.49. The normalized spacial score (nSPS) is 10.1. The van der Waals surface area contributed by atoms with Crippen LogP contribution in [0.4, 0.5) is 11.4 Å². The number of aromatic nitrogens is 1. The first-order valence-electron chi connectivity index (χ1n) is 5.91. The summed E-state index contributed by atoms with van der Waals surface area (Å²) in [4.78, 5) is 16.3. The van der Waals surface area contributed by atoms with Crippen LogP contribution in [-0.2, 0) is 0 Å². The van der Waals surface area contributed by atoms with Crippen molar-refractivity contribution in [1.29, 1.82) is 0 Å². The summed E-state index contributed by atoms with van der Waals surface area (Å²) >= 11 is 0. The largest absolute Gasteiger partial charge is 0.323 e. The van der Waals surface area contributed by atoms with Crippen LogP contribution in [0.5, 0.6) is 0 Å². The van der Waals surface area contributed by atoms with E-state index in [0.29, 0.717) is 16.9 Å². The van der Waals surface area contributed by atoms with E-state index in [9.17, 15) is 4.79 Å². The van der Waals surface area contributed by atoms with Crippen LogP contribution >= 0.6 is 0 Å². The summed E-state index contributed by atoms with van der Waals surface area (Å²) in [5.74, 6) is 5.20. The minimum atomic E-state index is -0.215. The fourth-order valence-corrected chi connectivity index (χ4v) is 1.76. The number of pyridine rings is 1. The molecule has 4 N–H and O–H groups in total. The summed E-state index contributed by atoms with van der Waals surface area (Å²) < 4.78 is 0. The third-order valence-electron chi connectivity index (χ3n) is 2.86. The van der Waals surface area contributed by atoms with Crippen LogP contribution in [0.3, 0.4) is 0 Å². The lowest BCUT2D eigenvalue weighted by Gasteiger charge is -2.11. The van der Waals surface area contributed by atoms with Crippen molar-refractivity contribution < 1.29 is 4.79 Å². The van der Waals surface area contributed by atoms with Crippen LogP contribution in [0.25, 0.3) is 0 Å². The van der Waals surface area contributed by atoms with Gasteiger partial charge in [0.1, 0.15) is 0 Å². The van der Waals surface area contributed by atoms with Crippen molar-refractivity contribution in [2.75, 3.05) is 10.7 Å². The lowest BCUT2D eigenvalue weighted by Crippen LogP contribution is -2.18. The van der Waals surface area contributed by atoms with Gasteiger partial charge < -0.3 is 10.7 Å². The second-order valence-corrected chi connectivity index (χ2v) is 4.34.